The lowest BCUT2D eigenvalue weighted by atomic mass is 10.0. The maximum Gasteiger partial charge on any atom is 0.322 e. The second kappa shape index (κ2) is 7.85. The highest BCUT2D eigenvalue weighted by Crippen LogP contribution is 2.33. The molecule has 2 aliphatic rings. The van der Waals surface area contributed by atoms with Gasteiger partial charge in [-0.05, 0) is 24.6 Å². The van der Waals surface area contributed by atoms with E-state index in [9.17, 15) is 14.4 Å². The average Bonchev–Trinajstić information content (AvgIpc) is 2.66. The third kappa shape index (κ3) is 3.84. The predicted molar refractivity (Wildman–Crippen MR) is 102 cm³/mol. The van der Waals surface area contributed by atoms with Crippen LogP contribution in [0.25, 0.3) is 0 Å². The number of piperazine rings is 1. The van der Waals surface area contributed by atoms with Crippen molar-refractivity contribution in [3.63, 3.8) is 0 Å². The number of benzene rings is 1. The normalized spacial score (nSPS) is 19.7. The number of nitrogens with zero attached hydrogens (tertiary/aromatic N) is 3. The summed E-state index contributed by atoms with van der Waals surface area (Å²) in [5.74, 6) is 0.440. The molecule has 0 bridgehead atoms. The first-order chi connectivity index (χ1) is 12.9. The Labute approximate surface area is 159 Å². The van der Waals surface area contributed by atoms with Gasteiger partial charge < -0.3 is 24.8 Å². The Balaban J connectivity index is 1.76. The van der Waals surface area contributed by atoms with E-state index in [1.54, 1.807) is 42.1 Å². The highest BCUT2D eigenvalue weighted by molar-refractivity contribution is 5.99. The van der Waals surface area contributed by atoms with E-state index in [0.29, 0.717) is 36.6 Å². The van der Waals surface area contributed by atoms with Crippen molar-refractivity contribution in [2.75, 3.05) is 44.0 Å². The number of fused-ring (bicyclic) bond motifs is 1. The molecular formula is C19H26N4O4. The van der Waals surface area contributed by atoms with Crippen LogP contribution in [0.3, 0.4) is 0 Å². The molecule has 1 aromatic rings. The molecule has 27 heavy (non-hydrogen) atoms. The Hall–Kier alpha value is -2.77. The van der Waals surface area contributed by atoms with Gasteiger partial charge in [0.15, 0.2) is 6.61 Å². The third-order valence-corrected chi connectivity index (χ3v) is 5.10. The van der Waals surface area contributed by atoms with Crippen molar-refractivity contribution in [2.24, 2.45) is 0 Å². The van der Waals surface area contributed by atoms with Crippen molar-refractivity contribution >= 4 is 29.2 Å². The largest absolute Gasteiger partial charge is 0.482 e. The van der Waals surface area contributed by atoms with E-state index >= 15 is 0 Å². The van der Waals surface area contributed by atoms with Crippen LogP contribution in [0.1, 0.15) is 26.2 Å². The number of urea groups is 1. The van der Waals surface area contributed by atoms with E-state index in [-0.39, 0.29) is 24.5 Å². The Kier molecular flexibility index (Phi) is 5.53. The lowest BCUT2D eigenvalue weighted by molar-refractivity contribution is -0.138. The van der Waals surface area contributed by atoms with Crippen molar-refractivity contribution in [1.29, 1.82) is 0 Å². The lowest BCUT2D eigenvalue weighted by Gasteiger charge is -2.39. The molecule has 8 heteroatoms. The molecule has 0 aromatic heterocycles. The van der Waals surface area contributed by atoms with E-state index in [2.05, 4.69) is 12.2 Å². The number of hydrogen-bond donors (Lipinski definition) is 1. The molecule has 2 aliphatic heterocycles. The van der Waals surface area contributed by atoms with Crippen LogP contribution >= 0.6 is 0 Å². The quantitative estimate of drug-likeness (QED) is 0.873. The SMILES string of the molecule is CCCC[C@@H]1C(=O)N(C)CCN1C(=O)Nc1ccc2c(c1)N(C)C(=O)CO2. The molecular weight excluding hydrogens is 348 g/mol. The first-order valence-corrected chi connectivity index (χ1v) is 9.28. The minimum absolute atomic E-state index is 0.0116. The highest BCUT2D eigenvalue weighted by Gasteiger charge is 2.35. The van der Waals surface area contributed by atoms with Gasteiger partial charge in [0.1, 0.15) is 11.8 Å². The van der Waals surface area contributed by atoms with Crippen LogP contribution in [-0.4, -0.2) is 67.5 Å². The van der Waals surface area contributed by atoms with Crippen LogP contribution in [0.4, 0.5) is 16.2 Å². The van der Waals surface area contributed by atoms with Crippen LogP contribution in [0.5, 0.6) is 5.75 Å². The summed E-state index contributed by atoms with van der Waals surface area (Å²) in [6.07, 6.45) is 2.51. The summed E-state index contributed by atoms with van der Waals surface area (Å²) < 4.78 is 5.41. The maximum absolute atomic E-state index is 12.8. The van der Waals surface area contributed by atoms with Gasteiger partial charge in [0, 0.05) is 32.9 Å². The molecule has 0 saturated carbocycles. The summed E-state index contributed by atoms with van der Waals surface area (Å²) in [7, 11) is 3.45. The second-order valence-corrected chi connectivity index (χ2v) is 6.97. The maximum atomic E-state index is 12.8. The number of rotatable bonds is 4. The van der Waals surface area contributed by atoms with Gasteiger partial charge in [0.2, 0.25) is 5.91 Å². The summed E-state index contributed by atoms with van der Waals surface area (Å²) in [4.78, 5) is 42.0. The molecule has 0 spiro atoms. The van der Waals surface area contributed by atoms with E-state index in [4.69, 9.17) is 4.74 Å². The number of anilines is 2. The van der Waals surface area contributed by atoms with Crippen molar-refractivity contribution in [2.45, 2.75) is 32.2 Å². The molecule has 1 aromatic carbocycles. The van der Waals surface area contributed by atoms with Crippen LogP contribution in [0.2, 0.25) is 0 Å². The van der Waals surface area contributed by atoms with Gasteiger partial charge in [-0.3, -0.25) is 9.59 Å². The van der Waals surface area contributed by atoms with Crippen molar-refractivity contribution in [3.8, 4) is 5.75 Å². The molecule has 1 fully saturated rings. The van der Waals surface area contributed by atoms with Crippen LogP contribution < -0.4 is 15.0 Å². The van der Waals surface area contributed by atoms with E-state index in [0.717, 1.165) is 12.8 Å². The molecule has 2 heterocycles. The van der Waals surface area contributed by atoms with Crippen LogP contribution in [-0.2, 0) is 9.59 Å². The fourth-order valence-corrected chi connectivity index (χ4v) is 3.38. The zero-order chi connectivity index (χ0) is 19.6. The highest BCUT2D eigenvalue weighted by atomic mass is 16.5. The van der Waals surface area contributed by atoms with Gasteiger partial charge in [-0.25, -0.2) is 4.79 Å². The molecule has 1 atom stereocenters. The standard InChI is InChI=1S/C19H26N4O4/c1-4-5-6-14-18(25)21(2)9-10-23(14)19(26)20-13-7-8-16-15(11-13)22(3)17(24)12-27-16/h7-8,11,14H,4-6,9-10,12H2,1-3H3,(H,20,26)/t14-/m1/s1. The zero-order valence-electron chi connectivity index (χ0n) is 16.0. The number of ether oxygens (including phenoxy) is 1. The smallest absolute Gasteiger partial charge is 0.322 e. The third-order valence-electron chi connectivity index (χ3n) is 5.10. The van der Waals surface area contributed by atoms with Gasteiger partial charge in [-0.1, -0.05) is 19.8 Å². The molecule has 8 nitrogen and oxygen atoms in total. The van der Waals surface area contributed by atoms with Gasteiger partial charge in [-0.2, -0.15) is 0 Å². The van der Waals surface area contributed by atoms with Crippen LogP contribution in [0, 0.1) is 0 Å². The first kappa shape index (κ1) is 19.0. The molecule has 3 rings (SSSR count). The Morgan fingerprint density at radius 1 is 1.26 bits per heavy atom. The Bertz CT molecular complexity index is 751. The fraction of sp³-hybridized carbons (Fsp3) is 0.526. The zero-order valence-corrected chi connectivity index (χ0v) is 16.0. The van der Waals surface area contributed by atoms with Gasteiger partial charge in [0.05, 0.1) is 5.69 Å². The molecule has 0 aliphatic carbocycles. The minimum Gasteiger partial charge on any atom is -0.482 e. The predicted octanol–water partition coefficient (Wildman–Crippen LogP) is 1.91. The van der Waals surface area contributed by atoms with Crippen molar-refractivity contribution in [1.82, 2.24) is 9.80 Å². The Morgan fingerprint density at radius 2 is 2.04 bits per heavy atom. The number of nitrogens with one attached hydrogen (secondary N) is 1. The molecule has 1 N–H and O–H groups in total. The number of carbonyl (C=O) groups is 3. The van der Waals surface area contributed by atoms with E-state index < -0.39 is 6.04 Å². The minimum atomic E-state index is -0.436. The first-order valence-electron chi connectivity index (χ1n) is 9.28. The summed E-state index contributed by atoms with van der Waals surface area (Å²) in [6.45, 7) is 3.09. The number of unbranched alkanes of at least 4 members (excludes halogenated alkanes) is 1. The number of hydrogen-bond acceptors (Lipinski definition) is 4. The Morgan fingerprint density at radius 3 is 2.78 bits per heavy atom. The topological polar surface area (TPSA) is 82.2 Å². The molecule has 1 saturated heterocycles. The van der Waals surface area contributed by atoms with Crippen molar-refractivity contribution in [3.05, 3.63) is 18.2 Å². The lowest BCUT2D eigenvalue weighted by Crippen LogP contribution is -2.58. The van der Waals surface area contributed by atoms with Crippen molar-refractivity contribution < 1.29 is 19.1 Å². The van der Waals surface area contributed by atoms with Gasteiger partial charge in [0.25, 0.3) is 5.91 Å². The second-order valence-electron chi connectivity index (χ2n) is 6.97. The fourth-order valence-electron chi connectivity index (χ4n) is 3.38. The van der Waals surface area contributed by atoms with Gasteiger partial charge in [-0.15, -0.1) is 0 Å². The van der Waals surface area contributed by atoms with E-state index in [1.807, 2.05) is 0 Å². The van der Waals surface area contributed by atoms with E-state index in [1.165, 1.54) is 4.90 Å². The summed E-state index contributed by atoms with van der Waals surface area (Å²) in [5, 5.41) is 2.86. The molecule has 0 radical (unpaired) electrons. The monoisotopic (exact) mass is 374 g/mol. The number of amides is 4. The average molecular weight is 374 g/mol. The number of carbonyl (C=O) groups excluding carboxylic acids is 3. The van der Waals surface area contributed by atoms with Gasteiger partial charge >= 0.3 is 6.03 Å². The molecule has 146 valence electrons. The summed E-state index contributed by atoms with van der Waals surface area (Å²) in [6, 6.07) is 4.44. The number of likely N-dealkylation sites (N-methyl/N-ethyl adjacent to an activating group) is 2. The summed E-state index contributed by atoms with van der Waals surface area (Å²) >= 11 is 0. The van der Waals surface area contributed by atoms with Crippen LogP contribution in [0.15, 0.2) is 18.2 Å². The molecule has 4 amide bonds. The molecule has 0 unspecified atom stereocenters. The summed E-state index contributed by atoms with van der Waals surface area (Å²) in [5.41, 5.74) is 1.17.